The molecular weight excluding hydrogens is 215 g/mol. The second kappa shape index (κ2) is 4.09. The van der Waals surface area contributed by atoms with Crippen molar-refractivity contribution in [1.82, 2.24) is 0 Å². The molecule has 16 heavy (non-hydrogen) atoms. The van der Waals surface area contributed by atoms with Gasteiger partial charge in [0.2, 0.25) is 0 Å². The second-order valence-electron chi connectivity index (χ2n) is 4.89. The topological polar surface area (TPSA) is 26.0 Å². The van der Waals surface area contributed by atoms with Crippen molar-refractivity contribution < 1.29 is 13.2 Å². The summed E-state index contributed by atoms with van der Waals surface area (Å²) in [4.78, 5) is 0. The normalized spacial score (nSPS) is 14.9. The van der Waals surface area contributed by atoms with Crippen LogP contribution >= 0.6 is 0 Å². The Kier molecular flexibility index (Phi) is 3.33. The first-order valence-corrected chi connectivity index (χ1v) is 5.05. The first kappa shape index (κ1) is 13.0. The molecular formula is C12H16F3N. The molecule has 0 heterocycles. The molecule has 0 saturated carbocycles. The molecule has 4 heteroatoms. The number of hydrogen-bond donors (Lipinski definition) is 1. The van der Waals surface area contributed by atoms with Gasteiger partial charge < -0.3 is 5.73 Å². The van der Waals surface area contributed by atoms with E-state index < -0.39 is 12.2 Å². The number of hydrogen-bond acceptors (Lipinski definition) is 1. The fourth-order valence-corrected chi connectivity index (χ4v) is 1.39. The summed E-state index contributed by atoms with van der Waals surface area (Å²) in [5, 5.41) is 0. The monoisotopic (exact) mass is 231 g/mol. The average Bonchev–Trinajstić information content (AvgIpc) is 2.14. The van der Waals surface area contributed by atoms with E-state index in [0.717, 1.165) is 5.56 Å². The van der Waals surface area contributed by atoms with Gasteiger partial charge in [-0.1, -0.05) is 45.0 Å². The van der Waals surface area contributed by atoms with E-state index in [1.165, 1.54) is 12.1 Å². The molecule has 0 radical (unpaired) electrons. The fraction of sp³-hybridized carbons (Fsp3) is 0.500. The molecule has 1 nitrogen and oxygen atoms in total. The highest BCUT2D eigenvalue weighted by molar-refractivity contribution is 5.30. The Morgan fingerprint density at radius 1 is 1.12 bits per heavy atom. The lowest BCUT2D eigenvalue weighted by atomic mass is 9.85. The summed E-state index contributed by atoms with van der Waals surface area (Å²) < 4.78 is 37.3. The van der Waals surface area contributed by atoms with Crippen LogP contribution in [-0.2, 0) is 5.41 Å². The maximum Gasteiger partial charge on any atom is 0.407 e. The van der Waals surface area contributed by atoms with Crippen LogP contribution in [0.5, 0.6) is 0 Å². The van der Waals surface area contributed by atoms with Gasteiger partial charge in [0.05, 0.1) is 0 Å². The van der Waals surface area contributed by atoms with Crippen molar-refractivity contribution in [2.24, 2.45) is 5.73 Å². The van der Waals surface area contributed by atoms with Crippen LogP contribution in [0.4, 0.5) is 13.2 Å². The zero-order valence-corrected chi connectivity index (χ0v) is 9.60. The quantitative estimate of drug-likeness (QED) is 0.786. The lowest BCUT2D eigenvalue weighted by Gasteiger charge is -2.22. The molecule has 1 atom stereocenters. The molecule has 1 unspecified atom stereocenters. The van der Waals surface area contributed by atoms with Crippen LogP contribution in [0.15, 0.2) is 24.3 Å². The molecule has 0 spiro atoms. The van der Waals surface area contributed by atoms with Gasteiger partial charge in [0.25, 0.3) is 0 Å². The van der Waals surface area contributed by atoms with Gasteiger partial charge in [0, 0.05) is 0 Å². The van der Waals surface area contributed by atoms with E-state index >= 15 is 0 Å². The number of nitrogens with two attached hydrogens (primary N) is 1. The summed E-state index contributed by atoms with van der Waals surface area (Å²) in [5.74, 6) is 0. The molecule has 90 valence electrons. The third-order valence-electron chi connectivity index (χ3n) is 2.46. The zero-order valence-electron chi connectivity index (χ0n) is 9.60. The maximum absolute atomic E-state index is 12.4. The Bertz CT molecular complexity index is 363. The predicted octanol–water partition coefficient (Wildman–Crippen LogP) is 3.55. The molecule has 1 aromatic carbocycles. The van der Waals surface area contributed by atoms with Crippen molar-refractivity contribution in [3.8, 4) is 0 Å². The summed E-state index contributed by atoms with van der Waals surface area (Å²) >= 11 is 0. The molecule has 0 fully saturated rings. The van der Waals surface area contributed by atoms with Gasteiger partial charge in [-0.15, -0.1) is 0 Å². The Hall–Kier alpha value is -1.03. The molecule has 0 saturated heterocycles. The highest BCUT2D eigenvalue weighted by atomic mass is 19.4. The van der Waals surface area contributed by atoms with Crippen LogP contribution in [0.3, 0.4) is 0 Å². The van der Waals surface area contributed by atoms with Crippen molar-refractivity contribution in [3.63, 3.8) is 0 Å². The largest absolute Gasteiger partial charge is 0.407 e. The van der Waals surface area contributed by atoms with Crippen molar-refractivity contribution in [1.29, 1.82) is 0 Å². The van der Waals surface area contributed by atoms with Gasteiger partial charge in [-0.05, 0) is 16.5 Å². The Morgan fingerprint density at radius 3 is 2.12 bits per heavy atom. The zero-order chi connectivity index (χ0) is 12.6. The number of alkyl halides is 3. The van der Waals surface area contributed by atoms with Gasteiger partial charge >= 0.3 is 6.18 Å². The van der Waals surface area contributed by atoms with E-state index in [1.54, 1.807) is 6.07 Å². The summed E-state index contributed by atoms with van der Waals surface area (Å²) in [6.07, 6.45) is -4.39. The predicted molar refractivity (Wildman–Crippen MR) is 58.1 cm³/mol. The van der Waals surface area contributed by atoms with Gasteiger partial charge in [0.15, 0.2) is 0 Å². The van der Waals surface area contributed by atoms with E-state index in [9.17, 15) is 13.2 Å². The second-order valence-corrected chi connectivity index (χ2v) is 4.89. The van der Waals surface area contributed by atoms with Crippen LogP contribution in [0.2, 0.25) is 0 Å². The lowest BCUT2D eigenvalue weighted by Crippen LogP contribution is -2.28. The summed E-state index contributed by atoms with van der Waals surface area (Å²) in [6, 6.07) is 4.45. The molecule has 0 aliphatic carbocycles. The molecule has 0 aliphatic rings. The maximum atomic E-state index is 12.4. The minimum Gasteiger partial charge on any atom is -0.316 e. The first-order chi connectivity index (χ1) is 7.12. The summed E-state index contributed by atoms with van der Waals surface area (Å²) in [5.41, 5.74) is 5.94. The molecule has 1 rings (SSSR count). The molecule has 1 aromatic rings. The van der Waals surface area contributed by atoms with E-state index in [1.807, 2.05) is 26.8 Å². The van der Waals surface area contributed by atoms with Crippen LogP contribution in [0.25, 0.3) is 0 Å². The van der Waals surface area contributed by atoms with Gasteiger partial charge in [0.1, 0.15) is 6.04 Å². The van der Waals surface area contributed by atoms with Crippen LogP contribution in [0.1, 0.15) is 37.9 Å². The Labute approximate surface area is 93.5 Å². The van der Waals surface area contributed by atoms with Crippen molar-refractivity contribution in [3.05, 3.63) is 35.4 Å². The van der Waals surface area contributed by atoms with E-state index in [0.29, 0.717) is 0 Å². The van der Waals surface area contributed by atoms with Gasteiger partial charge in [-0.25, -0.2) is 0 Å². The molecule has 0 bridgehead atoms. The summed E-state index contributed by atoms with van der Waals surface area (Å²) in [6.45, 7) is 5.85. The Morgan fingerprint density at radius 2 is 1.69 bits per heavy atom. The average molecular weight is 231 g/mol. The molecule has 0 aliphatic heterocycles. The highest BCUT2D eigenvalue weighted by Gasteiger charge is 2.38. The van der Waals surface area contributed by atoms with E-state index in [2.05, 4.69) is 0 Å². The van der Waals surface area contributed by atoms with Crippen LogP contribution in [-0.4, -0.2) is 6.18 Å². The molecule has 0 aromatic heterocycles. The number of rotatable bonds is 1. The first-order valence-electron chi connectivity index (χ1n) is 5.05. The minimum absolute atomic E-state index is 0.111. The van der Waals surface area contributed by atoms with E-state index in [-0.39, 0.29) is 11.0 Å². The van der Waals surface area contributed by atoms with Crippen molar-refractivity contribution >= 4 is 0 Å². The molecule has 2 N–H and O–H groups in total. The van der Waals surface area contributed by atoms with E-state index in [4.69, 9.17) is 5.73 Å². The standard InChI is InChI=1S/C12H16F3N/c1-11(2,3)9-6-4-5-8(7-9)10(16)12(13,14)15/h4-7,10H,16H2,1-3H3. The van der Waals surface area contributed by atoms with Crippen molar-refractivity contribution in [2.45, 2.75) is 38.4 Å². The van der Waals surface area contributed by atoms with Gasteiger partial charge in [-0.2, -0.15) is 13.2 Å². The van der Waals surface area contributed by atoms with Crippen LogP contribution in [0, 0.1) is 0 Å². The third-order valence-corrected chi connectivity index (χ3v) is 2.46. The fourth-order valence-electron chi connectivity index (χ4n) is 1.39. The number of halogens is 3. The lowest BCUT2D eigenvalue weighted by molar-refractivity contribution is -0.149. The SMILES string of the molecule is CC(C)(C)c1cccc(C(N)C(F)(F)F)c1. The minimum atomic E-state index is -4.39. The smallest absolute Gasteiger partial charge is 0.316 e. The number of benzene rings is 1. The Balaban J connectivity index is 3.09. The van der Waals surface area contributed by atoms with Crippen molar-refractivity contribution in [2.75, 3.05) is 0 Å². The summed E-state index contributed by atoms with van der Waals surface area (Å²) in [7, 11) is 0. The van der Waals surface area contributed by atoms with Crippen LogP contribution < -0.4 is 5.73 Å². The molecule has 0 amide bonds. The highest BCUT2D eigenvalue weighted by Crippen LogP contribution is 2.32. The van der Waals surface area contributed by atoms with Gasteiger partial charge in [-0.3, -0.25) is 0 Å². The third kappa shape index (κ3) is 2.98.